The molecule has 0 radical (unpaired) electrons. The van der Waals surface area contributed by atoms with Crippen LogP contribution in [0.25, 0.3) is 11.1 Å². The minimum atomic E-state index is -0.214. The predicted octanol–water partition coefficient (Wildman–Crippen LogP) is 5.35. The molecule has 0 amide bonds. The first-order chi connectivity index (χ1) is 12.2. The topological polar surface area (TPSA) is 21.3 Å². The fourth-order valence-electron chi connectivity index (χ4n) is 2.80. The Bertz CT molecular complexity index is 829. The Morgan fingerprint density at radius 3 is 2.44 bits per heavy atom. The molecule has 0 heterocycles. The maximum Gasteiger partial charge on any atom is 0.123 e. The summed E-state index contributed by atoms with van der Waals surface area (Å²) in [7, 11) is 1.68. The minimum Gasteiger partial charge on any atom is -0.497 e. The van der Waals surface area contributed by atoms with Crippen molar-refractivity contribution in [2.75, 3.05) is 7.11 Å². The first-order valence-corrected chi connectivity index (χ1v) is 8.38. The average molecular weight is 335 g/mol. The summed E-state index contributed by atoms with van der Waals surface area (Å²) in [5, 5.41) is 3.54. The predicted molar refractivity (Wildman–Crippen MR) is 100 cm³/mol. The lowest BCUT2D eigenvalue weighted by Gasteiger charge is -2.15. The highest BCUT2D eigenvalue weighted by atomic mass is 19.1. The van der Waals surface area contributed by atoms with Gasteiger partial charge < -0.3 is 10.1 Å². The molecule has 0 spiro atoms. The number of benzene rings is 3. The molecule has 0 aliphatic heterocycles. The van der Waals surface area contributed by atoms with Crippen LogP contribution in [0.15, 0.2) is 72.8 Å². The summed E-state index contributed by atoms with van der Waals surface area (Å²) in [4.78, 5) is 0. The van der Waals surface area contributed by atoms with Gasteiger partial charge in [0.15, 0.2) is 0 Å². The van der Waals surface area contributed by atoms with E-state index < -0.39 is 0 Å². The fourth-order valence-corrected chi connectivity index (χ4v) is 2.80. The van der Waals surface area contributed by atoms with Gasteiger partial charge >= 0.3 is 0 Å². The SMILES string of the molecule is COc1cccc([C@@H](C)NCc2cccc(-c3ccc(F)cc3)c2)c1. The van der Waals surface area contributed by atoms with Gasteiger partial charge in [-0.1, -0.05) is 42.5 Å². The van der Waals surface area contributed by atoms with E-state index in [9.17, 15) is 4.39 Å². The summed E-state index contributed by atoms with van der Waals surface area (Å²) in [6.45, 7) is 2.89. The van der Waals surface area contributed by atoms with Gasteiger partial charge in [-0.15, -0.1) is 0 Å². The van der Waals surface area contributed by atoms with E-state index in [0.717, 1.165) is 23.4 Å². The molecule has 25 heavy (non-hydrogen) atoms. The highest BCUT2D eigenvalue weighted by Gasteiger charge is 2.07. The Balaban J connectivity index is 1.68. The van der Waals surface area contributed by atoms with E-state index in [1.165, 1.54) is 23.3 Å². The third-order valence-electron chi connectivity index (χ3n) is 4.31. The second-order valence-electron chi connectivity index (χ2n) is 6.09. The largest absolute Gasteiger partial charge is 0.497 e. The standard InChI is InChI=1S/C22H22FNO/c1-16(19-6-4-8-22(14-19)25-2)24-15-17-5-3-7-20(13-17)18-9-11-21(23)12-10-18/h3-14,16,24H,15H2,1-2H3/t16-/m1/s1. The molecule has 0 saturated heterocycles. The third kappa shape index (κ3) is 4.46. The lowest BCUT2D eigenvalue weighted by atomic mass is 10.0. The Kier molecular flexibility index (Phi) is 5.46. The number of ether oxygens (including phenoxy) is 1. The Labute approximate surface area is 148 Å². The molecular formula is C22H22FNO. The molecule has 3 aromatic carbocycles. The molecule has 0 saturated carbocycles. The van der Waals surface area contributed by atoms with Gasteiger partial charge in [0, 0.05) is 12.6 Å². The number of hydrogen-bond acceptors (Lipinski definition) is 2. The number of rotatable bonds is 6. The quantitative estimate of drug-likeness (QED) is 0.655. The molecule has 0 aromatic heterocycles. The number of halogens is 1. The van der Waals surface area contributed by atoms with Crippen LogP contribution in [-0.4, -0.2) is 7.11 Å². The van der Waals surface area contributed by atoms with Crippen molar-refractivity contribution >= 4 is 0 Å². The van der Waals surface area contributed by atoms with Crippen LogP contribution in [0.2, 0.25) is 0 Å². The van der Waals surface area contributed by atoms with Gasteiger partial charge in [-0.05, 0) is 59.5 Å². The van der Waals surface area contributed by atoms with Gasteiger partial charge in [-0.25, -0.2) is 4.39 Å². The number of nitrogens with one attached hydrogen (secondary N) is 1. The first-order valence-electron chi connectivity index (χ1n) is 8.38. The van der Waals surface area contributed by atoms with Crippen LogP contribution < -0.4 is 10.1 Å². The van der Waals surface area contributed by atoms with Gasteiger partial charge in [0.1, 0.15) is 11.6 Å². The van der Waals surface area contributed by atoms with Crippen molar-refractivity contribution in [3.05, 3.63) is 89.7 Å². The smallest absolute Gasteiger partial charge is 0.123 e. The highest BCUT2D eigenvalue weighted by molar-refractivity contribution is 5.64. The van der Waals surface area contributed by atoms with Gasteiger partial charge in [-0.3, -0.25) is 0 Å². The lowest BCUT2D eigenvalue weighted by Crippen LogP contribution is -2.18. The third-order valence-corrected chi connectivity index (χ3v) is 4.31. The molecule has 2 nitrogen and oxygen atoms in total. The average Bonchev–Trinajstić information content (AvgIpc) is 2.67. The second-order valence-corrected chi connectivity index (χ2v) is 6.09. The summed E-state index contributed by atoms with van der Waals surface area (Å²) < 4.78 is 18.4. The molecule has 0 fully saturated rings. The van der Waals surface area contributed by atoms with E-state index in [1.54, 1.807) is 19.2 Å². The van der Waals surface area contributed by atoms with Gasteiger partial charge in [-0.2, -0.15) is 0 Å². The van der Waals surface area contributed by atoms with Crippen LogP contribution in [0.5, 0.6) is 5.75 Å². The first kappa shape index (κ1) is 17.2. The van der Waals surface area contributed by atoms with Crippen molar-refractivity contribution in [2.45, 2.75) is 19.5 Å². The zero-order chi connectivity index (χ0) is 17.6. The van der Waals surface area contributed by atoms with Crippen LogP contribution in [-0.2, 0) is 6.54 Å². The van der Waals surface area contributed by atoms with Gasteiger partial charge in [0.2, 0.25) is 0 Å². The second kappa shape index (κ2) is 7.95. The van der Waals surface area contributed by atoms with E-state index in [4.69, 9.17) is 4.74 Å². The van der Waals surface area contributed by atoms with Gasteiger partial charge in [0.05, 0.1) is 7.11 Å². The fraction of sp³-hybridized carbons (Fsp3) is 0.182. The molecule has 3 rings (SSSR count). The molecular weight excluding hydrogens is 313 g/mol. The number of hydrogen-bond donors (Lipinski definition) is 1. The molecule has 0 aliphatic carbocycles. The maximum atomic E-state index is 13.1. The molecule has 0 unspecified atom stereocenters. The maximum absolute atomic E-state index is 13.1. The summed E-state index contributed by atoms with van der Waals surface area (Å²) >= 11 is 0. The summed E-state index contributed by atoms with van der Waals surface area (Å²) in [5.41, 5.74) is 4.49. The highest BCUT2D eigenvalue weighted by Crippen LogP contribution is 2.22. The molecule has 1 N–H and O–H groups in total. The van der Waals surface area contributed by atoms with Crippen LogP contribution in [0, 0.1) is 5.82 Å². The summed E-state index contributed by atoms with van der Waals surface area (Å²) in [6, 6.07) is 23.2. The molecule has 0 aliphatic rings. The minimum absolute atomic E-state index is 0.213. The monoisotopic (exact) mass is 335 g/mol. The Morgan fingerprint density at radius 2 is 1.68 bits per heavy atom. The van der Waals surface area contributed by atoms with Crippen molar-refractivity contribution in [1.29, 1.82) is 0 Å². The summed E-state index contributed by atoms with van der Waals surface area (Å²) in [5.74, 6) is 0.651. The zero-order valence-corrected chi connectivity index (χ0v) is 14.5. The van der Waals surface area contributed by atoms with E-state index >= 15 is 0 Å². The number of methoxy groups -OCH3 is 1. The summed E-state index contributed by atoms with van der Waals surface area (Å²) in [6.07, 6.45) is 0. The van der Waals surface area contributed by atoms with E-state index in [-0.39, 0.29) is 11.9 Å². The molecule has 128 valence electrons. The molecule has 0 bridgehead atoms. The van der Waals surface area contributed by atoms with Crippen LogP contribution in [0.3, 0.4) is 0 Å². The van der Waals surface area contributed by atoms with Crippen molar-refractivity contribution in [2.24, 2.45) is 0 Å². The van der Waals surface area contributed by atoms with Crippen LogP contribution in [0.4, 0.5) is 4.39 Å². The van der Waals surface area contributed by atoms with E-state index in [0.29, 0.717) is 0 Å². The van der Waals surface area contributed by atoms with E-state index in [2.05, 4.69) is 30.4 Å². The lowest BCUT2D eigenvalue weighted by molar-refractivity contribution is 0.413. The Hall–Kier alpha value is -2.65. The van der Waals surface area contributed by atoms with Crippen LogP contribution >= 0.6 is 0 Å². The molecule has 1 atom stereocenters. The zero-order valence-electron chi connectivity index (χ0n) is 14.5. The van der Waals surface area contributed by atoms with E-state index in [1.807, 2.05) is 30.3 Å². The normalized spacial score (nSPS) is 12.0. The van der Waals surface area contributed by atoms with Crippen LogP contribution in [0.1, 0.15) is 24.1 Å². The Morgan fingerprint density at radius 1 is 0.920 bits per heavy atom. The van der Waals surface area contributed by atoms with Crippen molar-refractivity contribution in [3.63, 3.8) is 0 Å². The molecule has 3 heteroatoms. The van der Waals surface area contributed by atoms with Crippen molar-refractivity contribution < 1.29 is 9.13 Å². The van der Waals surface area contributed by atoms with Crippen molar-refractivity contribution in [1.82, 2.24) is 5.32 Å². The molecule has 3 aromatic rings. The van der Waals surface area contributed by atoms with Gasteiger partial charge in [0.25, 0.3) is 0 Å². The van der Waals surface area contributed by atoms with Crippen molar-refractivity contribution in [3.8, 4) is 16.9 Å².